The van der Waals surface area contributed by atoms with Crippen LogP contribution in [0.25, 0.3) is 16.7 Å². The van der Waals surface area contributed by atoms with Gasteiger partial charge in [-0.2, -0.15) is 0 Å². The maximum Gasteiger partial charge on any atom is 0.169 e. The summed E-state index contributed by atoms with van der Waals surface area (Å²) in [6, 6.07) is 13.8. The lowest BCUT2D eigenvalue weighted by molar-refractivity contribution is -0.117. The summed E-state index contributed by atoms with van der Waals surface area (Å²) >= 11 is 5.95. The molecule has 122 valence electrons. The van der Waals surface area contributed by atoms with Crippen molar-refractivity contribution in [1.82, 2.24) is 0 Å². The quantitative estimate of drug-likeness (QED) is 0.775. The molecule has 0 radical (unpaired) electrons. The predicted molar refractivity (Wildman–Crippen MR) is 97.0 cm³/mol. The lowest BCUT2D eigenvalue weighted by Gasteiger charge is -2.23. The van der Waals surface area contributed by atoms with E-state index in [1.54, 1.807) is 0 Å². The number of halogens is 1. The highest BCUT2D eigenvalue weighted by Gasteiger charge is 2.41. The van der Waals surface area contributed by atoms with Gasteiger partial charge in [0.1, 0.15) is 5.76 Å². The van der Waals surface area contributed by atoms with Crippen molar-refractivity contribution in [3.63, 3.8) is 0 Å². The SMILES string of the molecule is Cc1cc(-c2ccc(Cl)cc2)ccc1C1=C(O)C2CC[C@H](C2)C1=O. The zero-order chi connectivity index (χ0) is 16.8. The molecule has 2 aromatic carbocycles. The Morgan fingerprint density at radius 1 is 1.00 bits per heavy atom. The number of rotatable bonds is 2. The lowest BCUT2D eigenvalue weighted by Crippen LogP contribution is -2.21. The Kier molecular flexibility index (Phi) is 3.73. The molecule has 1 N–H and O–H groups in total. The molecule has 0 aliphatic heterocycles. The van der Waals surface area contributed by atoms with Crippen molar-refractivity contribution in [3.05, 3.63) is 64.4 Å². The Bertz CT molecular complexity index is 849. The second-order valence-electron chi connectivity index (χ2n) is 6.87. The number of fused-ring (bicyclic) bond motifs is 2. The van der Waals surface area contributed by atoms with Crippen LogP contribution in [-0.2, 0) is 4.79 Å². The molecule has 0 amide bonds. The second kappa shape index (κ2) is 5.78. The van der Waals surface area contributed by atoms with E-state index in [4.69, 9.17) is 11.6 Å². The molecule has 24 heavy (non-hydrogen) atoms. The molecular weight excluding hydrogens is 320 g/mol. The zero-order valence-electron chi connectivity index (χ0n) is 13.6. The first kappa shape index (κ1) is 15.5. The first-order valence-electron chi connectivity index (χ1n) is 8.39. The van der Waals surface area contributed by atoms with Crippen molar-refractivity contribution in [1.29, 1.82) is 0 Å². The molecule has 1 unspecified atom stereocenters. The largest absolute Gasteiger partial charge is 0.511 e. The number of carbonyl (C=O) groups excluding carboxylic acids is 1. The maximum atomic E-state index is 12.7. The monoisotopic (exact) mass is 338 g/mol. The predicted octanol–water partition coefficient (Wildman–Crippen LogP) is 5.58. The Labute approximate surface area is 146 Å². The van der Waals surface area contributed by atoms with E-state index in [-0.39, 0.29) is 17.6 Å². The smallest absolute Gasteiger partial charge is 0.169 e. The summed E-state index contributed by atoms with van der Waals surface area (Å²) in [5.41, 5.74) is 4.60. The van der Waals surface area contributed by atoms with Gasteiger partial charge in [-0.05, 0) is 60.6 Å². The highest BCUT2D eigenvalue weighted by Crippen LogP contribution is 2.45. The first-order valence-corrected chi connectivity index (χ1v) is 8.76. The third-order valence-electron chi connectivity index (χ3n) is 5.37. The standard InChI is InChI=1S/C21H19ClO2/c1-12-10-14(13-4-7-17(22)8-5-13)6-9-18(12)19-20(23)15-2-3-16(11-15)21(19)24/h4-10,15-16,23H,2-3,11H2,1H3/t15?,16-/m1/s1. The molecule has 2 aliphatic carbocycles. The van der Waals surface area contributed by atoms with E-state index < -0.39 is 0 Å². The van der Waals surface area contributed by atoms with Gasteiger partial charge in [-0.3, -0.25) is 4.79 Å². The molecule has 2 aromatic rings. The van der Waals surface area contributed by atoms with Gasteiger partial charge in [-0.15, -0.1) is 0 Å². The van der Waals surface area contributed by atoms with E-state index in [9.17, 15) is 9.90 Å². The normalized spacial score (nSPS) is 23.0. The van der Waals surface area contributed by atoms with Crippen LogP contribution < -0.4 is 0 Å². The molecule has 0 aromatic heterocycles. The van der Waals surface area contributed by atoms with E-state index in [2.05, 4.69) is 6.07 Å². The minimum absolute atomic E-state index is 0.0937. The molecular formula is C21H19ClO2. The van der Waals surface area contributed by atoms with Crippen LogP contribution in [-0.4, -0.2) is 10.9 Å². The van der Waals surface area contributed by atoms with Crippen LogP contribution in [0.5, 0.6) is 0 Å². The Morgan fingerprint density at radius 2 is 1.67 bits per heavy atom. The van der Waals surface area contributed by atoms with Gasteiger partial charge in [-0.25, -0.2) is 0 Å². The van der Waals surface area contributed by atoms with Crippen LogP contribution in [0.3, 0.4) is 0 Å². The van der Waals surface area contributed by atoms with Crippen molar-refractivity contribution in [2.24, 2.45) is 11.8 Å². The van der Waals surface area contributed by atoms with Gasteiger partial charge >= 0.3 is 0 Å². The minimum Gasteiger partial charge on any atom is -0.511 e. The fraction of sp³-hybridized carbons (Fsp3) is 0.286. The van der Waals surface area contributed by atoms with Crippen molar-refractivity contribution >= 4 is 23.0 Å². The van der Waals surface area contributed by atoms with Gasteiger partial charge in [0.2, 0.25) is 0 Å². The van der Waals surface area contributed by atoms with Crippen molar-refractivity contribution in [2.75, 3.05) is 0 Å². The molecule has 2 nitrogen and oxygen atoms in total. The number of hydrogen-bond donors (Lipinski definition) is 1. The van der Waals surface area contributed by atoms with Gasteiger partial charge in [0, 0.05) is 16.9 Å². The van der Waals surface area contributed by atoms with Gasteiger partial charge < -0.3 is 5.11 Å². The number of benzene rings is 2. The van der Waals surface area contributed by atoms with E-state index in [0.29, 0.717) is 16.4 Å². The maximum absolute atomic E-state index is 12.7. The number of aliphatic hydroxyl groups is 1. The number of allylic oxidation sites excluding steroid dienone is 2. The third kappa shape index (κ3) is 2.46. The highest BCUT2D eigenvalue weighted by atomic mass is 35.5. The average Bonchev–Trinajstić information content (AvgIpc) is 3.02. The molecule has 2 atom stereocenters. The van der Waals surface area contributed by atoms with Crippen LogP contribution in [0, 0.1) is 18.8 Å². The van der Waals surface area contributed by atoms with Crippen molar-refractivity contribution in [3.8, 4) is 11.1 Å². The lowest BCUT2D eigenvalue weighted by atomic mass is 9.82. The molecule has 0 saturated heterocycles. The third-order valence-corrected chi connectivity index (χ3v) is 5.62. The Balaban J connectivity index is 1.76. The number of aryl methyl sites for hydroxylation is 1. The summed E-state index contributed by atoms with van der Waals surface area (Å²) in [6.07, 6.45) is 2.64. The first-order chi connectivity index (χ1) is 11.5. The van der Waals surface area contributed by atoms with E-state index in [0.717, 1.165) is 41.5 Å². The van der Waals surface area contributed by atoms with E-state index in [1.165, 1.54) is 0 Å². The fourth-order valence-corrected chi connectivity index (χ4v) is 4.17. The number of Topliss-reactive ketones (excluding diaryl/α,β-unsaturated/α-hetero) is 1. The summed E-state index contributed by atoms with van der Waals surface area (Å²) in [6.45, 7) is 2.00. The van der Waals surface area contributed by atoms with Gasteiger partial charge in [0.05, 0.1) is 5.57 Å². The summed E-state index contributed by atoms with van der Waals surface area (Å²) < 4.78 is 0. The fourth-order valence-electron chi connectivity index (χ4n) is 4.04. The van der Waals surface area contributed by atoms with Gasteiger partial charge in [0.25, 0.3) is 0 Å². The molecule has 2 bridgehead atoms. The number of carbonyl (C=O) groups is 1. The van der Waals surface area contributed by atoms with E-state index in [1.807, 2.05) is 43.3 Å². The van der Waals surface area contributed by atoms with Crippen LogP contribution >= 0.6 is 11.6 Å². The molecule has 0 spiro atoms. The molecule has 1 saturated carbocycles. The van der Waals surface area contributed by atoms with Crippen molar-refractivity contribution in [2.45, 2.75) is 26.2 Å². The van der Waals surface area contributed by atoms with Crippen LogP contribution in [0.4, 0.5) is 0 Å². The summed E-state index contributed by atoms with van der Waals surface area (Å²) in [5, 5.41) is 11.3. The Morgan fingerprint density at radius 3 is 2.38 bits per heavy atom. The van der Waals surface area contributed by atoms with Crippen molar-refractivity contribution < 1.29 is 9.90 Å². The average molecular weight is 339 g/mol. The zero-order valence-corrected chi connectivity index (χ0v) is 14.3. The number of aliphatic hydroxyl groups excluding tert-OH is 1. The molecule has 3 heteroatoms. The molecule has 2 aliphatic rings. The number of hydrogen-bond acceptors (Lipinski definition) is 2. The van der Waals surface area contributed by atoms with Gasteiger partial charge in [0.15, 0.2) is 5.78 Å². The summed E-state index contributed by atoms with van der Waals surface area (Å²) in [7, 11) is 0. The summed E-state index contributed by atoms with van der Waals surface area (Å²) in [5.74, 6) is 0.675. The number of ketones is 1. The topological polar surface area (TPSA) is 37.3 Å². The Hall–Kier alpha value is -2.06. The second-order valence-corrected chi connectivity index (χ2v) is 7.30. The van der Waals surface area contributed by atoms with Gasteiger partial charge in [-0.1, -0.05) is 41.9 Å². The summed E-state index contributed by atoms with van der Waals surface area (Å²) in [4.78, 5) is 12.7. The van der Waals surface area contributed by atoms with Crippen LogP contribution in [0.1, 0.15) is 30.4 Å². The van der Waals surface area contributed by atoms with Crippen LogP contribution in [0.2, 0.25) is 5.02 Å². The van der Waals surface area contributed by atoms with E-state index >= 15 is 0 Å². The highest BCUT2D eigenvalue weighted by molar-refractivity contribution is 6.30. The molecule has 0 heterocycles. The molecule has 4 rings (SSSR count). The van der Waals surface area contributed by atoms with Crippen LogP contribution in [0.15, 0.2) is 48.2 Å². The molecule has 1 fully saturated rings. The minimum atomic E-state index is 0.0937.